The molecule has 1 heterocycles. The standard InChI is InChI=1S/C13H23N3/c1-11-6-7-14-12(10-11)16(5)9-8-15-13(2,3)4/h6-7,10,15H,8-9H2,1-5H3. The van der Waals surface area contributed by atoms with Crippen LogP contribution in [0.5, 0.6) is 0 Å². The zero-order chi connectivity index (χ0) is 12.2. The number of nitrogens with one attached hydrogen (secondary N) is 1. The van der Waals surface area contributed by atoms with E-state index in [1.165, 1.54) is 5.56 Å². The van der Waals surface area contributed by atoms with Gasteiger partial charge in [0.25, 0.3) is 0 Å². The van der Waals surface area contributed by atoms with E-state index in [1.54, 1.807) is 0 Å². The predicted molar refractivity (Wildman–Crippen MR) is 70.0 cm³/mol. The summed E-state index contributed by atoms with van der Waals surface area (Å²) < 4.78 is 0. The number of rotatable bonds is 4. The van der Waals surface area contributed by atoms with E-state index in [4.69, 9.17) is 0 Å². The molecule has 1 N–H and O–H groups in total. The van der Waals surface area contributed by atoms with E-state index < -0.39 is 0 Å². The van der Waals surface area contributed by atoms with Crippen LogP contribution in [0.3, 0.4) is 0 Å². The highest BCUT2D eigenvalue weighted by molar-refractivity contribution is 5.39. The van der Waals surface area contributed by atoms with Gasteiger partial charge in [0, 0.05) is 31.9 Å². The highest BCUT2D eigenvalue weighted by atomic mass is 15.2. The lowest BCUT2D eigenvalue weighted by molar-refractivity contribution is 0.430. The van der Waals surface area contributed by atoms with Crippen LogP contribution >= 0.6 is 0 Å². The topological polar surface area (TPSA) is 28.2 Å². The maximum atomic E-state index is 4.35. The van der Waals surface area contributed by atoms with Crippen LogP contribution in [-0.4, -0.2) is 30.7 Å². The third kappa shape index (κ3) is 4.62. The van der Waals surface area contributed by atoms with Crippen LogP contribution in [0, 0.1) is 6.92 Å². The molecule has 0 aliphatic carbocycles. The Balaban J connectivity index is 2.44. The molecule has 1 aromatic heterocycles. The van der Waals surface area contributed by atoms with Crippen LogP contribution in [-0.2, 0) is 0 Å². The molecule has 0 aliphatic rings. The minimum atomic E-state index is 0.181. The summed E-state index contributed by atoms with van der Waals surface area (Å²) in [5.74, 6) is 1.04. The molecule has 0 unspecified atom stereocenters. The van der Waals surface area contributed by atoms with Crippen molar-refractivity contribution in [2.24, 2.45) is 0 Å². The maximum absolute atomic E-state index is 4.35. The highest BCUT2D eigenvalue weighted by Crippen LogP contribution is 2.09. The molecule has 3 nitrogen and oxygen atoms in total. The van der Waals surface area contributed by atoms with E-state index in [1.807, 2.05) is 12.3 Å². The normalized spacial score (nSPS) is 11.6. The molecule has 90 valence electrons. The minimum absolute atomic E-state index is 0.181. The average molecular weight is 221 g/mol. The summed E-state index contributed by atoms with van der Waals surface area (Å²) in [4.78, 5) is 6.53. The van der Waals surface area contributed by atoms with Gasteiger partial charge >= 0.3 is 0 Å². The van der Waals surface area contributed by atoms with E-state index in [0.29, 0.717) is 0 Å². The fourth-order valence-electron chi connectivity index (χ4n) is 1.44. The molecule has 1 aromatic rings. The second kappa shape index (κ2) is 5.30. The quantitative estimate of drug-likeness (QED) is 0.845. The van der Waals surface area contributed by atoms with Crippen molar-refractivity contribution in [3.8, 4) is 0 Å². The van der Waals surface area contributed by atoms with Crippen molar-refractivity contribution in [3.63, 3.8) is 0 Å². The van der Waals surface area contributed by atoms with Gasteiger partial charge in [-0.1, -0.05) is 0 Å². The fourth-order valence-corrected chi connectivity index (χ4v) is 1.44. The van der Waals surface area contributed by atoms with Crippen molar-refractivity contribution < 1.29 is 0 Å². The average Bonchev–Trinajstić information content (AvgIpc) is 2.15. The maximum Gasteiger partial charge on any atom is 0.128 e. The molecule has 0 aliphatic heterocycles. The van der Waals surface area contributed by atoms with E-state index in [2.05, 4.69) is 56.0 Å². The molecule has 0 atom stereocenters. The molecule has 0 fully saturated rings. The lowest BCUT2D eigenvalue weighted by Gasteiger charge is -2.24. The van der Waals surface area contributed by atoms with Gasteiger partial charge in [-0.05, 0) is 45.4 Å². The summed E-state index contributed by atoms with van der Waals surface area (Å²) >= 11 is 0. The van der Waals surface area contributed by atoms with Crippen LogP contribution in [0.4, 0.5) is 5.82 Å². The number of hydrogen-bond acceptors (Lipinski definition) is 3. The van der Waals surface area contributed by atoms with Crippen molar-refractivity contribution >= 4 is 5.82 Å². The molecule has 1 rings (SSSR count). The molecule has 0 spiro atoms. The van der Waals surface area contributed by atoms with Gasteiger partial charge < -0.3 is 10.2 Å². The minimum Gasteiger partial charge on any atom is -0.358 e. The van der Waals surface area contributed by atoms with Gasteiger partial charge in [-0.15, -0.1) is 0 Å². The Morgan fingerprint density at radius 1 is 1.38 bits per heavy atom. The number of anilines is 1. The molecule has 0 saturated carbocycles. The smallest absolute Gasteiger partial charge is 0.128 e. The number of likely N-dealkylation sites (N-methyl/N-ethyl adjacent to an activating group) is 1. The Hall–Kier alpha value is -1.09. The number of hydrogen-bond donors (Lipinski definition) is 1. The first-order valence-electron chi connectivity index (χ1n) is 5.77. The number of pyridine rings is 1. The number of aromatic nitrogens is 1. The Labute approximate surface area is 98.9 Å². The molecule has 0 bridgehead atoms. The van der Waals surface area contributed by atoms with Crippen molar-refractivity contribution in [3.05, 3.63) is 23.9 Å². The van der Waals surface area contributed by atoms with Gasteiger partial charge in [-0.25, -0.2) is 4.98 Å². The van der Waals surface area contributed by atoms with Gasteiger partial charge in [-0.2, -0.15) is 0 Å². The zero-order valence-electron chi connectivity index (χ0n) is 11.0. The lowest BCUT2D eigenvalue weighted by Crippen LogP contribution is -2.40. The summed E-state index contributed by atoms with van der Waals surface area (Å²) in [6, 6.07) is 4.13. The summed E-state index contributed by atoms with van der Waals surface area (Å²) in [6.07, 6.45) is 1.86. The molecule has 0 aromatic carbocycles. The largest absolute Gasteiger partial charge is 0.358 e. The Morgan fingerprint density at radius 3 is 2.62 bits per heavy atom. The van der Waals surface area contributed by atoms with Crippen LogP contribution in [0.1, 0.15) is 26.3 Å². The molecular formula is C13H23N3. The third-order valence-electron chi connectivity index (χ3n) is 2.39. The monoisotopic (exact) mass is 221 g/mol. The Bertz CT molecular complexity index is 328. The second-order valence-corrected chi connectivity index (χ2v) is 5.29. The van der Waals surface area contributed by atoms with Gasteiger partial charge in [0.1, 0.15) is 5.82 Å². The molecule has 0 radical (unpaired) electrons. The van der Waals surface area contributed by atoms with E-state index in [9.17, 15) is 0 Å². The van der Waals surface area contributed by atoms with Gasteiger partial charge in [-0.3, -0.25) is 0 Å². The summed E-state index contributed by atoms with van der Waals surface area (Å²) in [5, 5.41) is 3.47. The van der Waals surface area contributed by atoms with Crippen molar-refractivity contribution in [1.29, 1.82) is 0 Å². The lowest BCUT2D eigenvalue weighted by atomic mass is 10.1. The highest BCUT2D eigenvalue weighted by Gasteiger charge is 2.09. The van der Waals surface area contributed by atoms with Gasteiger partial charge in [0.15, 0.2) is 0 Å². The third-order valence-corrected chi connectivity index (χ3v) is 2.39. The molecular weight excluding hydrogens is 198 g/mol. The van der Waals surface area contributed by atoms with Crippen molar-refractivity contribution in [2.75, 3.05) is 25.0 Å². The van der Waals surface area contributed by atoms with Crippen LogP contribution < -0.4 is 10.2 Å². The van der Waals surface area contributed by atoms with Crippen LogP contribution in [0.15, 0.2) is 18.3 Å². The summed E-state index contributed by atoms with van der Waals surface area (Å²) in [6.45, 7) is 10.6. The molecule has 3 heteroatoms. The first-order valence-corrected chi connectivity index (χ1v) is 5.77. The first kappa shape index (κ1) is 13.0. The molecule has 0 saturated heterocycles. The van der Waals surface area contributed by atoms with Gasteiger partial charge in [0.2, 0.25) is 0 Å². The SMILES string of the molecule is Cc1ccnc(N(C)CCNC(C)(C)C)c1. The van der Waals surface area contributed by atoms with E-state index >= 15 is 0 Å². The molecule has 16 heavy (non-hydrogen) atoms. The molecule has 0 amide bonds. The second-order valence-electron chi connectivity index (χ2n) is 5.29. The van der Waals surface area contributed by atoms with Crippen LogP contribution in [0.25, 0.3) is 0 Å². The zero-order valence-corrected chi connectivity index (χ0v) is 11.0. The number of aryl methyl sites for hydroxylation is 1. The number of nitrogens with zero attached hydrogens (tertiary/aromatic N) is 2. The van der Waals surface area contributed by atoms with Gasteiger partial charge in [0.05, 0.1) is 0 Å². The van der Waals surface area contributed by atoms with E-state index in [0.717, 1.165) is 18.9 Å². The Morgan fingerprint density at radius 2 is 2.06 bits per heavy atom. The predicted octanol–water partition coefficient (Wildman–Crippen LogP) is 2.21. The fraction of sp³-hybridized carbons (Fsp3) is 0.615. The Kier molecular flexibility index (Phi) is 4.30. The van der Waals surface area contributed by atoms with Crippen molar-refractivity contribution in [2.45, 2.75) is 33.2 Å². The summed E-state index contributed by atoms with van der Waals surface area (Å²) in [5.41, 5.74) is 1.43. The first-order chi connectivity index (χ1) is 7.38. The van der Waals surface area contributed by atoms with Crippen molar-refractivity contribution in [1.82, 2.24) is 10.3 Å². The summed E-state index contributed by atoms with van der Waals surface area (Å²) in [7, 11) is 2.08. The van der Waals surface area contributed by atoms with E-state index in [-0.39, 0.29) is 5.54 Å². The van der Waals surface area contributed by atoms with Crippen LogP contribution in [0.2, 0.25) is 0 Å².